The maximum absolute atomic E-state index is 11.9. The van der Waals surface area contributed by atoms with Crippen LogP contribution in [0.3, 0.4) is 0 Å². The van der Waals surface area contributed by atoms with Crippen LogP contribution in [0.25, 0.3) is 0 Å². The van der Waals surface area contributed by atoms with Gasteiger partial charge in [-0.15, -0.1) is 23.4 Å². The molecule has 1 amide bonds. The van der Waals surface area contributed by atoms with Crippen molar-refractivity contribution in [2.45, 2.75) is 36.6 Å². The quantitative estimate of drug-likeness (QED) is 0.656. The summed E-state index contributed by atoms with van der Waals surface area (Å²) in [6.07, 6.45) is 2.79. The van der Waals surface area contributed by atoms with Crippen molar-refractivity contribution >= 4 is 29.3 Å². The molecule has 0 spiro atoms. The molecule has 1 aromatic carbocycles. The van der Waals surface area contributed by atoms with Gasteiger partial charge in [-0.2, -0.15) is 0 Å². The lowest BCUT2D eigenvalue weighted by molar-refractivity contribution is 0.0938. The van der Waals surface area contributed by atoms with Gasteiger partial charge >= 0.3 is 0 Å². The predicted molar refractivity (Wildman–Crippen MR) is 75.1 cm³/mol. The summed E-state index contributed by atoms with van der Waals surface area (Å²) >= 11 is 7.55. The van der Waals surface area contributed by atoms with Crippen molar-refractivity contribution in [1.82, 2.24) is 5.32 Å². The third kappa shape index (κ3) is 5.00. The molecule has 0 bridgehead atoms. The SMILES string of the molecule is CSc1ccc(C(=O)NC(C)CC(C)Cl)cc1. The topological polar surface area (TPSA) is 29.1 Å². The molecule has 0 aliphatic carbocycles. The van der Waals surface area contributed by atoms with E-state index in [1.54, 1.807) is 11.8 Å². The molecular formula is C13H18ClNOS. The molecular weight excluding hydrogens is 254 g/mol. The molecule has 0 heterocycles. The number of nitrogens with one attached hydrogen (secondary N) is 1. The standard InChI is InChI=1S/C13H18ClNOS/c1-9(14)8-10(2)15-13(16)11-4-6-12(17-3)7-5-11/h4-7,9-10H,8H2,1-3H3,(H,15,16). The van der Waals surface area contributed by atoms with Crippen molar-refractivity contribution in [3.63, 3.8) is 0 Å². The highest BCUT2D eigenvalue weighted by atomic mass is 35.5. The Kier molecular flexibility index (Phi) is 5.86. The Bertz CT molecular complexity index is 364. The molecule has 2 unspecified atom stereocenters. The van der Waals surface area contributed by atoms with E-state index in [9.17, 15) is 4.79 Å². The number of carbonyl (C=O) groups is 1. The maximum Gasteiger partial charge on any atom is 0.251 e. The minimum atomic E-state index is -0.0394. The van der Waals surface area contributed by atoms with Gasteiger partial charge in [-0.3, -0.25) is 4.79 Å². The molecule has 0 aliphatic rings. The van der Waals surface area contributed by atoms with Gasteiger partial charge in [0.15, 0.2) is 0 Å². The van der Waals surface area contributed by atoms with Crippen molar-refractivity contribution in [3.05, 3.63) is 29.8 Å². The van der Waals surface area contributed by atoms with Gasteiger partial charge in [0.05, 0.1) is 0 Å². The number of carbonyl (C=O) groups excluding carboxylic acids is 1. The summed E-state index contributed by atoms with van der Waals surface area (Å²) in [5.41, 5.74) is 0.692. The van der Waals surface area contributed by atoms with Crippen molar-refractivity contribution < 1.29 is 4.79 Å². The Morgan fingerprint density at radius 2 is 1.94 bits per heavy atom. The first-order valence-corrected chi connectivity index (χ1v) is 7.28. The Hall–Kier alpha value is -0.670. The molecule has 4 heteroatoms. The molecule has 2 nitrogen and oxygen atoms in total. The smallest absolute Gasteiger partial charge is 0.251 e. The maximum atomic E-state index is 11.9. The Morgan fingerprint density at radius 3 is 2.41 bits per heavy atom. The van der Waals surface area contributed by atoms with E-state index in [4.69, 9.17) is 11.6 Å². The summed E-state index contributed by atoms with van der Waals surface area (Å²) in [5, 5.41) is 3.01. The van der Waals surface area contributed by atoms with E-state index in [-0.39, 0.29) is 17.3 Å². The zero-order valence-electron chi connectivity index (χ0n) is 10.4. The normalized spacial score (nSPS) is 14.1. The van der Waals surface area contributed by atoms with E-state index in [1.165, 1.54) is 0 Å². The van der Waals surface area contributed by atoms with Gasteiger partial charge in [0.2, 0.25) is 0 Å². The first kappa shape index (κ1) is 14.4. The van der Waals surface area contributed by atoms with E-state index in [0.29, 0.717) is 5.56 Å². The lowest BCUT2D eigenvalue weighted by Crippen LogP contribution is -2.33. The summed E-state index contributed by atoms with van der Waals surface area (Å²) in [4.78, 5) is 13.0. The summed E-state index contributed by atoms with van der Waals surface area (Å²) < 4.78 is 0. The van der Waals surface area contributed by atoms with Gasteiger partial charge in [-0.25, -0.2) is 0 Å². The highest BCUT2D eigenvalue weighted by Gasteiger charge is 2.11. The number of halogens is 1. The fraction of sp³-hybridized carbons (Fsp3) is 0.462. The monoisotopic (exact) mass is 271 g/mol. The average molecular weight is 272 g/mol. The zero-order chi connectivity index (χ0) is 12.8. The molecule has 0 fully saturated rings. The van der Waals surface area contributed by atoms with Crippen LogP contribution in [-0.4, -0.2) is 23.6 Å². The molecule has 0 aliphatic heterocycles. The highest BCUT2D eigenvalue weighted by Crippen LogP contribution is 2.15. The lowest BCUT2D eigenvalue weighted by Gasteiger charge is -2.15. The molecule has 17 heavy (non-hydrogen) atoms. The van der Waals surface area contributed by atoms with Crippen LogP contribution in [0.1, 0.15) is 30.6 Å². The van der Waals surface area contributed by atoms with E-state index in [2.05, 4.69) is 5.32 Å². The molecule has 94 valence electrons. The minimum absolute atomic E-state index is 0.0394. The van der Waals surface area contributed by atoms with Gasteiger partial charge in [0.1, 0.15) is 0 Å². The van der Waals surface area contributed by atoms with Crippen LogP contribution in [0.5, 0.6) is 0 Å². The zero-order valence-corrected chi connectivity index (χ0v) is 11.9. The van der Waals surface area contributed by atoms with Crippen LogP contribution in [0.2, 0.25) is 0 Å². The van der Waals surface area contributed by atoms with Crippen molar-refractivity contribution in [2.75, 3.05) is 6.26 Å². The van der Waals surface area contributed by atoms with Crippen LogP contribution in [0.15, 0.2) is 29.2 Å². The molecule has 1 aromatic rings. The van der Waals surface area contributed by atoms with Crippen LogP contribution in [-0.2, 0) is 0 Å². The van der Waals surface area contributed by atoms with Gasteiger partial charge < -0.3 is 5.32 Å². The number of thioether (sulfide) groups is 1. The number of benzene rings is 1. The van der Waals surface area contributed by atoms with E-state index in [0.717, 1.165) is 11.3 Å². The second-order valence-electron chi connectivity index (χ2n) is 4.12. The molecule has 0 radical (unpaired) electrons. The largest absolute Gasteiger partial charge is 0.350 e. The third-order valence-corrected chi connectivity index (χ3v) is 3.33. The first-order chi connectivity index (χ1) is 8.02. The number of rotatable bonds is 5. The van der Waals surface area contributed by atoms with Crippen molar-refractivity contribution in [3.8, 4) is 0 Å². The Labute approximate surface area is 112 Å². The van der Waals surface area contributed by atoms with Crippen LogP contribution in [0.4, 0.5) is 0 Å². The summed E-state index contributed by atoms with van der Waals surface area (Å²) in [7, 11) is 0. The fourth-order valence-corrected chi connectivity index (χ4v) is 2.27. The molecule has 2 atom stereocenters. The number of hydrogen-bond donors (Lipinski definition) is 1. The van der Waals surface area contributed by atoms with Gasteiger partial charge in [0.25, 0.3) is 5.91 Å². The van der Waals surface area contributed by atoms with Crippen molar-refractivity contribution in [2.24, 2.45) is 0 Å². The molecule has 0 saturated heterocycles. The molecule has 0 saturated carbocycles. The number of alkyl halides is 1. The van der Waals surface area contributed by atoms with E-state index >= 15 is 0 Å². The Morgan fingerprint density at radius 1 is 1.35 bits per heavy atom. The third-order valence-electron chi connectivity index (χ3n) is 2.41. The van der Waals surface area contributed by atoms with Gasteiger partial charge in [-0.05, 0) is 50.8 Å². The van der Waals surface area contributed by atoms with E-state index < -0.39 is 0 Å². The molecule has 0 aromatic heterocycles. The number of amides is 1. The van der Waals surface area contributed by atoms with Gasteiger partial charge in [-0.1, -0.05) is 0 Å². The van der Waals surface area contributed by atoms with Crippen molar-refractivity contribution in [1.29, 1.82) is 0 Å². The van der Waals surface area contributed by atoms with Crippen LogP contribution >= 0.6 is 23.4 Å². The fourth-order valence-electron chi connectivity index (χ4n) is 1.60. The average Bonchev–Trinajstić information content (AvgIpc) is 2.28. The second kappa shape index (κ2) is 6.92. The predicted octanol–water partition coefficient (Wildman–Crippen LogP) is 3.54. The van der Waals surface area contributed by atoms with Crippen LogP contribution in [0, 0.1) is 0 Å². The minimum Gasteiger partial charge on any atom is -0.350 e. The van der Waals surface area contributed by atoms with E-state index in [1.807, 2.05) is 44.4 Å². The number of hydrogen-bond acceptors (Lipinski definition) is 2. The van der Waals surface area contributed by atoms with Crippen LogP contribution < -0.4 is 5.32 Å². The first-order valence-electron chi connectivity index (χ1n) is 5.62. The molecule has 1 N–H and O–H groups in total. The lowest BCUT2D eigenvalue weighted by atomic mass is 10.1. The highest BCUT2D eigenvalue weighted by molar-refractivity contribution is 7.98. The second-order valence-corrected chi connectivity index (χ2v) is 5.74. The summed E-state index contributed by atoms with van der Waals surface area (Å²) in [6, 6.07) is 7.69. The summed E-state index contributed by atoms with van der Waals surface area (Å²) in [5.74, 6) is -0.0394. The molecule has 1 rings (SSSR count). The summed E-state index contributed by atoms with van der Waals surface area (Å²) in [6.45, 7) is 3.89. The van der Waals surface area contributed by atoms with Gasteiger partial charge in [0, 0.05) is 21.9 Å². The Balaban J connectivity index is 2.57.